The van der Waals surface area contributed by atoms with Crippen LogP contribution < -0.4 is 4.90 Å². The summed E-state index contributed by atoms with van der Waals surface area (Å²) >= 11 is 3.78. The van der Waals surface area contributed by atoms with Gasteiger partial charge >= 0.3 is 0 Å². The molecule has 0 saturated carbocycles. The van der Waals surface area contributed by atoms with Gasteiger partial charge in [0.1, 0.15) is 11.6 Å². The van der Waals surface area contributed by atoms with Crippen LogP contribution in [-0.4, -0.2) is 87.5 Å². The Balaban J connectivity index is 1.63. The minimum Gasteiger partial charge on any atom is -0.394 e. The number of hydrogen-bond donors (Lipinski definition) is 1. The highest BCUT2D eigenvalue weighted by Crippen LogP contribution is 2.61. The SMILES string of the molecule is C=CCN(CCC)C(=O)[C@H]1[C@@H]2OC3(CC2Br)C(C(=O)N(CC=C)c2ccc4ccccc4c2)N([C@@H](CO)CC(C)C)C(=O)[C@H]13. The highest BCUT2D eigenvalue weighted by atomic mass is 79.9. The van der Waals surface area contributed by atoms with E-state index >= 15 is 0 Å². The summed E-state index contributed by atoms with van der Waals surface area (Å²) in [6.45, 7) is 14.6. The monoisotopic (exact) mass is 665 g/mol. The third-order valence-corrected chi connectivity index (χ3v) is 10.2. The lowest BCUT2D eigenvalue weighted by Crippen LogP contribution is -2.59. The van der Waals surface area contributed by atoms with Gasteiger partial charge in [0, 0.05) is 30.1 Å². The molecule has 8 nitrogen and oxygen atoms in total. The molecule has 2 aromatic carbocycles. The van der Waals surface area contributed by atoms with E-state index in [-0.39, 0.29) is 41.6 Å². The van der Waals surface area contributed by atoms with Crippen molar-refractivity contribution in [2.75, 3.05) is 31.1 Å². The molecular formula is C35H44BrN3O5. The minimum absolute atomic E-state index is 0.156. The summed E-state index contributed by atoms with van der Waals surface area (Å²) in [5.74, 6) is -2.19. The van der Waals surface area contributed by atoms with Crippen molar-refractivity contribution in [1.29, 1.82) is 0 Å². The fourth-order valence-corrected chi connectivity index (χ4v) is 8.66. The summed E-state index contributed by atoms with van der Waals surface area (Å²) < 4.78 is 6.77. The number of rotatable bonds is 13. The van der Waals surface area contributed by atoms with E-state index in [2.05, 4.69) is 29.1 Å². The lowest BCUT2D eigenvalue weighted by atomic mass is 9.70. The summed E-state index contributed by atoms with van der Waals surface area (Å²) in [5.41, 5.74) is -0.541. The van der Waals surface area contributed by atoms with Crippen LogP contribution >= 0.6 is 15.9 Å². The summed E-state index contributed by atoms with van der Waals surface area (Å²) in [6, 6.07) is 12.2. The smallest absolute Gasteiger partial charge is 0.253 e. The van der Waals surface area contributed by atoms with Gasteiger partial charge in [-0.3, -0.25) is 14.4 Å². The Morgan fingerprint density at radius 3 is 2.48 bits per heavy atom. The van der Waals surface area contributed by atoms with Crippen LogP contribution in [0.5, 0.6) is 0 Å². The molecule has 3 unspecified atom stereocenters. The zero-order chi connectivity index (χ0) is 31.8. The van der Waals surface area contributed by atoms with Crippen LogP contribution in [0.25, 0.3) is 10.8 Å². The number of carbonyl (C=O) groups excluding carboxylic acids is 3. The number of fused-ring (bicyclic) bond motifs is 2. The molecule has 3 aliphatic rings. The maximum atomic E-state index is 15.0. The van der Waals surface area contributed by atoms with Crippen LogP contribution in [0, 0.1) is 17.8 Å². The third-order valence-electron chi connectivity index (χ3n) is 9.37. The first-order chi connectivity index (χ1) is 21.1. The predicted octanol–water partition coefficient (Wildman–Crippen LogP) is 4.94. The van der Waals surface area contributed by atoms with Gasteiger partial charge in [0.15, 0.2) is 0 Å². The number of benzene rings is 2. The lowest BCUT2D eigenvalue weighted by molar-refractivity contribution is -0.147. The summed E-state index contributed by atoms with van der Waals surface area (Å²) in [6.07, 6.45) is 4.48. The van der Waals surface area contributed by atoms with Gasteiger partial charge in [0.2, 0.25) is 11.8 Å². The first kappa shape index (κ1) is 32.4. The van der Waals surface area contributed by atoms with Gasteiger partial charge in [0.05, 0.1) is 30.6 Å². The maximum Gasteiger partial charge on any atom is 0.253 e. The Kier molecular flexibility index (Phi) is 9.68. The number of halogens is 1. The predicted molar refractivity (Wildman–Crippen MR) is 176 cm³/mol. The van der Waals surface area contributed by atoms with Gasteiger partial charge in [-0.2, -0.15) is 0 Å². The van der Waals surface area contributed by atoms with Gasteiger partial charge in [-0.25, -0.2) is 0 Å². The van der Waals surface area contributed by atoms with Crippen LogP contribution in [0.15, 0.2) is 67.8 Å². The van der Waals surface area contributed by atoms with E-state index in [0.717, 1.165) is 17.2 Å². The van der Waals surface area contributed by atoms with Gasteiger partial charge in [-0.1, -0.05) is 79.2 Å². The van der Waals surface area contributed by atoms with Crippen LogP contribution in [-0.2, 0) is 19.1 Å². The van der Waals surface area contributed by atoms with Crippen LogP contribution in [0.1, 0.15) is 40.0 Å². The molecule has 3 fully saturated rings. The van der Waals surface area contributed by atoms with Crippen molar-refractivity contribution in [3.63, 3.8) is 0 Å². The molecule has 236 valence electrons. The number of hydrogen-bond acceptors (Lipinski definition) is 5. The summed E-state index contributed by atoms with van der Waals surface area (Å²) in [7, 11) is 0. The van der Waals surface area contributed by atoms with Crippen LogP contribution in [0.3, 0.4) is 0 Å². The molecule has 0 aromatic heterocycles. The van der Waals surface area contributed by atoms with Gasteiger partial charge in [0.25, 0.3) is 5.91 Å². The number of alkyl halides is 1. The fourth-order valence-electron chi connectivity index (χ4n) is 7.71. The number of amides is 3. The van der Waals surface area contributed by atoms with E-state index in [9.17, 15) is 19.5 Å². The maximum absolute atomic E-state index is 15.0. The van der Waals surface area contributed by atoms with E-state index in [1.165, 1.54) is 0 Å². The van der Waals surface area contributed by atoms with E-state index < -0.39 is 35.6 Å². The molecule has 5 rings (SSSR count). The topological polar surface area (TPSA) is 90.4 Å². The fraction of sp³-hybridized carbons (Fsp3) is 0.514. The van der Waals surface area contributed by atoms with Gasteiger partial charge in [-0.05, 0) is 48.1 Å². The molecule has 2 bridgehead atoms. The highest BCUT2D eigenvalue weighted by molar-refractivity contribution is 9.09. The number of anilines is 1. The standard InChI is InChI=1S/C35H44BrN3O5/c1-6-15-37(16-7-2)32(41)28-29-33(42)39(26(21-40)18-22(4)5)31(35(29)20-27(36)30(28)44-35)34(43)38(17-8-3)25-14-13-23-11-9-10-12-24(23)19-25/h6,8-14,19,22,26-31,40H,1,3,7,15-18,20-21H2,2,4-5H3/t26-,27?,28-,29+,30-,31?,35?/m1/s1. The van der Waals surface area contributed by atoms with E-state index in [0.29, 0.717) is 31.6 Å². The third kappa shape index (κ3) is 5.41. The number of aliphatic hydroxyl groups excluding tert-OH is 1. The molecule has 0 radical (unpaired) electrons. The number of carbonyl (C=O) groups is 3. The summed E-state index contributed by atoms with van der Waals surface area (Å²) in [5, 5.41) is 12.7. The number of likely N-dealkylation sites (tertiary alicyclic amines) is 1. The quantitative estimate of drug-likeness (QED) is 0.242. The zero-order valence-electron chi connectivity index (χ0n) is 25.9. The lowest BCUT2D eigenvalue weighted by Gasteiger charge is -2.40. The molecule has 3 aliphatic heterocycles. The molecule has 1 N–H and O–H groups in total. The van der Waals surface area contributed by atoms with Gasteiger partial charge < -0.3 is 24.5 Å². The summed E-state index contributed by atoms with van der Waals surface area (Å²) in [4.78, 5) is 48.6. The zero-order valence-corrected chi connectivity index (χ0v) is 27.5. The minimum atomic E-state index is -1.22. The number of ether oxygens (including phenoxy) is 1. The molecule has 3 saturated heterocycles. The second-order valence-electron chi connectivity index (χ2n) is 12.7. The molecular weight excluding hydrogens is 622 g/mol. The van der Waals surface area contributed by atoms with Crippen LogP contribution in [0.4, 0.5) is 5.69 Å². The highest BCUT2D eigenvalue weighted by Gasteiger charge is 2.77. The van der Waals surface area contributed by atoms with Crippen molar-refractivity contribution < 1.29 is 24.2 Å². The normalized spacial score (nSPS) is 27.9. The van der Waals surface area contributed by atoms with E-state index in [1.54, 1.807) is 26.9 Å². The van der Waals surface area contributed by atoms with Crippen molar-refractivity contribution in [3.05, 3.63) is 67.8 Å². The first-order valence-electron chi connectivity index (χ1n) is 15.7. The number of nitrogens with zero attached hydrogens (tertiary/aromatic N) is 3. The second-order valence-corrected chi connectivity index (χ2v) is 13.9. The molecule has 3 amide bonds. The Hall–Kier alpha value is -3.01. The second kappa shape index (κ2) is 13.2. The molecule has 1 spiro atoms. The molecule has 9 heteroatoms. The van der Waals surface area contributed by atoms with Crippen molar-refractivity contribution >= 4 is 50.1 Å². The first-order valence-corrected chi connectivity index (χ1v) is 16.6. The molecule has 44 heavy (non-hydrogen) atoms. The average Bonchev–Trinajstić information content (AvgIpc) is 3.60. The Morgan fingerprint density at radius 2 is 1.84 bits per heavy atom. The van der Waals surface area contributed by atoms with Crippen molar-refractivity contribution in [2.24, 2.45) is 17.8 Å². The van der Waals surface area contributed by atoms with Crippen molar-refractivity contribution in [2.45, 2.75) is 68.6 Å². The van der Waals surface area contributed by atoms with Crippen LogP contribution in [0.2, 0.25) is 0 Å². The van der Waals surface area contributed by atoms with Crippen molar-refractivity contribution in [1.82, 2.24) is 9.80 Å². The largest absolute Gasteiger partial charge is 0.394 e. The molecule has 7 atom stereocenters. The Morgan fingerprint density at radius 1 is 1.14 bits per heavy atom. The molecule has 2 aromatic rings. The Bertz CT molecular complexity index is 1430. The van der Waals surface area contributed by atoms with Gasteiger partial charge in [-0.15, -0.1) is 13.2 Å². The Labute approximate surface area is 268 Å². The van der Waals surface area contributed by atoms with E-state index in [4.69, 9.17) is 4.74 Å². The number of aliphatic hydroxyl groups is 1. The molecule has 3 heterocycles. The molecule has 0 aliphatic carbocycles. The van der Waals surface area contributed by atoms with E-state index in [1.807, 2.05) is 63.2 Å². The van der Waals surface area contributed by atoms with Crippen molar-refractivity contribution in [3.8, 4) is 0 Å². The average molecular weight is 667 g/mol.